The van der Waals surface area contributed by atoms with Crippen LogP contribution in [0.25, 0.3) is 5.70 Å². The van der Waals surface area contributed by atoms with Crippen molar-refractivity contribution in [1.82, 2.24) is 4.90 Å². The first kappa shape index (κ1) is 17.1. The standard InChI is InChI=1S/C21H27NO/c1-6-16(3)15-19-12-8-9-14-22(19)17(4)21-18(7-2)11-10-13-20(21)23-5/h6,10-13,15H,1,4,7-9,14H2,2-3,5H3/b16-15-. The van der Waals surface area contributed by atoms with E-state index in [1.165, 1.54) is 11.3 Å². The van der Waals surface area contributed by atoms with Crippen molar-refractivity contribution in [1.29, 1.82) is 0 Å². The molecular weight excluding hydrogens is 282 g/mol. The van der Waals surface area contributed by atoms with E-state index in [1.807, 2.05) is 18.2 Å². The molecule has 0 saturated heterocycles. The lowest BCUT2D eigenvalue weighted by Gasteiger charge is -2.32. The van der Waals surface area contributed by atoms with Crippen LogP contribution in [0.3, 0.4) is 0 Å². The fourth-order valence-corrected chi connectivity index (χ4v) is 2.96. The van der Waals surface area contributed by atoms with E-state index in [4.69, 9.17) is 4.74 Å². The molecule has 0 bridgehead atoms. The molecule has 1 aromatic carbocycles. The molecule has 0 spiro atoms. The van der Waals surface area contributed by atoms with Gasteiger partial charge in [-0.1, -0.05) is 44.4 Å². The van der Waals surface area contributed by atoms with Crippen LogP contribution in [0.4, 0.5) is 0 Å². The second-order valence-electron chi connectivity index (χ2n) is 5.81. The van der Waals surface area contributed by atoms with E-state index < -0.39 is 0 Å². The Hall–Kier alpha value is -2.22. The fraction of sp³-hybridized carbons (Fsp3) is 0.333. The highest BCUT2D eigenvalue weighted by Crippen LogP contribution is 2.35. The number of aryl methyl sites for hydroxylation is 1. The van der Waals surface area contributed by atoms with E-state index >= 15 is 0 Å². The van der Waals surface area contributed by atoms with Gasteiger partial charge in [0.05, 0.1) is 7.11 Å². The van der Waals surface area contributed by atoms with Crippen molar-refractivity contribution in [3.05, 3.63) is 72.0 Å². The van der Waals surface area contributed by atoms with Gasteiger partial charge in [-0.05, 0) is 49.5 Å². The number of rotatable bonds is 6. The second-order valence-corrected chi connectivity index (χ2v) is 5.81. The first-order chi connectivity index (χ1) is 11.1. The van der Waals surface area contributed by atoms with Crippen LogP contribution in [0, 0.1) is 0 Å². The van der Waals surface area contributed by atoms with Crippen LogP contribution in [0.1, 0.15) is 37.8 Å². The number of nitrogens with zero attached hydrogens (tertiary/aromatic N) is 1. The Morgan fingerprint density at radius 2 is 2.17 bits per heavy atom. The molecule has 2 heteroatoms. The quantitative estimate of drug-likeness (QED) is 0.658. The molecule has 0 aliphatic carbocycles. The zero-order chi connectivity index (χ0) is 16.8. The lowest BCUT2D eigenvalue weighted by molar-refractivity contribution is 0.407. The van der Waals surface area contributed by atoms with Crippen LogP contribution in [-0.2, 0) is 6.42 Å². The first-order valence-corrected chi connectivity index (χ1v) is 8.26. The molecule has 0 saturated carbocycles. The number of allylic oxidation sites excluding steroid dienone is 4. The number of benzene rings is 1. The van der Waals surface area contributed by atoms with Gasteiger partial charge in [0.2, 0.25) is 0 Å². The maximum atomic E-state index is 5.60. The van der Waals surface area contributed by atoms with Crippen LogP contribution in [-0.4, -0.2) is 18.6 Å². The summed E-state index contributed by atoms with van der Waals surface area (Å²) in [6.45, 7) is 13.5. The summed E-state index contributed by atoms with van der Waals surface area (Å²) in [5.41, 5.74) is 5.76. The Balaban J connectivity index is 2.45. The summed E-state index contributed by atoms with van der Waals surface area (Å²) in [4.78, 5) is 2.30. The molecule has 2 rings (SSSR count). The van der Waals surface area contributed by atoms with Gasteiger partial charge in [0.15, 0.2) is 0 Å². The van der Waals surface area contributed by atoms with Crippen molar-refractivity contribution in [3.63, 3.8) is 0 Å². The molecule has 0 fully saturated rings. The highest BCUT2D eigenvalue weighted by Gasteiger charge is 2.20. The van der Waals surface area contributed by atoms with Crippen LogP contribution >= 0.6 is 0 Å². The molecule has 23 heavy (non-hydrogen) atoms. The molecule has 1 aromatic rings. The number of hydrogen-bond donors (Lipinski definition) is 0. The zero-order valence-electron chi connectivity index (χ0n) is 14.6. The average Bonchev–Trinajstić information content (AvgIpc) is 2.60. The Morgan fingerprint density at radius 3 is 2.83 bits per heavy atom. The van der Waals surface area contributed by atoms with Crippen molar-refractivity contribution in [2.24, 2.45) is 0 Å². The minimum absolute atomic E-state index is 0.892. The van der Waals surface area contributed by atoms with E-state index in [9.17, 15) is 0 Å². The predicted molar refractivity (Wildman–Crippen MR) is 99.4 cm³/mol. The summed E-state index contributed by atoms with van der Waals surface area (Å²) < 4.78 is 5.60. The molecule has 0 unspecified atom stereocenters. The summed E-state index contributed by atoms with van der Waals surface area (Å²) in [5.74, 6) is 0.892. The maximum absolute atomic E-state index is 5.60. The van der Waals surface area contributed by atoms with E-state index in [0.717, 1.165) is 48.4 Å². The third kappa shape index (κ3) is 3.76. The summed E-state index contributed by atoms with van der Waals surface area (Å²) in [6, 6.07) is 6.21. The highest BCUT2D eigenvalue weighted by atomic mass is 16.5. The van der Waals surface area contributed by atoms with E-state index in [1.54, 1.807) is 7.11 Å². The van der Waals surface area contributed by atoms with Gasteiger partial charge in [0, 0.05) is 23.5 Å². The van der Waals surface area contributed by atoms with Gasteiger partial charge in [0.1, 0.15) is 5.75 Å². The fourth-order valence-electron chi connectivity index (χ4n) is 2.96. The molecule has 0 atom stereocenters. The van der Waals surface area contributed by atoms with Gasteiger partial charge in [0.25, 0.3) is 0 Å². The number of ether oxygens (including phenoxy) is 1. The van der Waals surface area contributed by atoms with Gasteiger partial charge in [-0.2, -0.15) is 0 Å². The minimum atomic E-state index is 0.892. The molecule has 1 aliphatic heterocycles. The van der Waals surface area contributed by atoms with Gasteiger partial charge in [-0.3, -0.25) is 0 Å². The molecule has 0 amide bonds. The molecular formula is C21H27NO. The normalized spacial score (nSPS) is 15.2. The lowest BCUT2D eigenvalue weighted by Crippen LogP contribution is -2.25. The molecule has 122 valence electrons. The summed E-state index contributed by atoms with van der Waals surface area (Å²) in [5, 5.41) is 0. The molecule has 2 nitrogen and oxygen atoms in total. The SMILES string of the molecule is C=C/C(C)=C\C1=CCCCN1C(=C)c1c(CC)cccc1OC. The summed E-state index contributed by atoms with van der Waals surface area (Å²) in [6.07, 6.45) is 9.55. The first-order valence-electron chi connectivity index (χ1n) is 8.26. The van der Waals surface area contributed by atoms with Crippen LogP contribution in [0.2, 0.25) is 0 Å². The van der Waals surface area contributed by atoms with Crippen molar-refractivity contribution < 1.29 is 4.74 Å². The predicted octanol–water partition coefficient (Wildman–Crippen LogP) is 5.34. The molecule has 0 N–H and O–H groups in total. The third-order valence-corrected chi connectivity index (χ3v) is 4.28. The molecule has 0 aromatic heterocycles. The van der Waals surface area contributed by atoms with Gasteiger partial charge >= 0.3 is 0 Å². The van der Waals surface area contributed by atoms with Crippen molar-refractivity contribution >= 4 is 5.70 Å². The van der Waals surface area contributed by atoms with Gasteiger partial charge < -0.3 is 9.64 Å². The third-order valence-electron chi connectivity index (χ3n) is 4.28. The Kier molecular flexibility index (Phi) is 5.86. The minimum Gasteiger partial charge on any atom is -0.496 e. The smallest absolute Gasteiger partial charge is 0.128 e. The largest absolute Gasteiger partial charge is 0.496 e. The summed E-state index contributed by atoms with van der Waals surface area (Å²) >= 11 is 0. The van der Waals surface area contributed by atoms with E-state index in [-0.39, 0.29) is 0 Å². The Bertz CT molecular complexity index is 630. The second kappa shape index (κ2) is 7.87. The van der Waals surface area contributed by atoms with Crippen molar-refractivity contribution in [2.45, 2.75) is 33.1 Å². The highest BCUT2D eigenvalue weighted by molar-refractivity contribution is 5.72. The Labute approximate surface area is 140 Å². The van der Waals surface area contributed by atoms with Crippen LogP contribution in [0.15, 0.2) is 60.9 Å². The molecule has 0 radical (unpaired) electrons. The van der Waals surface area contributed by atoms with E-state index in [2.05, 4.69) is 50.1 Å². The maximum Gasteiger partial charge on any atom is 0.128 e. The summed E-state index contributed by atoms with van der Waals surface area (Å²) in [7, 11) is 1.72. The van der Waals surface area contributed by atoms with Crippen LogP contribution in [0.5, 0.6) is 5.75 Å². The van der Waals surface area contributed by atoms with Crippen LogP contribution < -0.4 is 4.74 Å². The molecule has 1 aliphatic rings. The number of hydrogen-bond acceptors (Lipinski definition) is 2. The van der Waals surface area contributed by atoms with Gasteiger partial charge in [-0.25, -0.2) is 0 Å². The number of methoxy groups -OCH3 is 1. The topological polar surface area (TPSA) is 12.5 Å². The van der Waals surface area contributed by atoms with Gasteiger partial charge in [-0.15, -0.1) is 0 Å². The molecule has 1 heterocycles. The van der Waals surface area contributed by atoms with Crippen molar-refractivity contribution in [2.75, 3.05) is 13.7 Å². The zero-order valence-corrected chi connectivity index (χ0v) is 14.6. The van der Waals surface area contributed by atoms with Crippen molar-refractivity contribution in [3.8, 4) is 5.75 Å². The average molecular weight is 309 g/mol. The lowest BCUT2D eigenvalue weighted by atomic mass is 9.99. The van der Waals surface area contributed by atoms with E-state index in [0.29, 0.717) is 0 Å². The Morgan fingerprint density at radius 1 is 1.39 bits per heavy atom. The monoisotopic (exact) mass is 309 g/mol.